The van der Waals surface area contributed by atoms with Gasteiger partial charge in [-0.05, 0) is 29.8 Å². The number of benzene rings is 1. The molecule has 0 radical (unpaired) electrons. The quantitative estimate of drug-likeness (QED) is 0.819. The van der Waals surface area contributed by atoms with Gasteiger partial charge in [-0.1, -0.05) is 24.4 Å². The van der Waals surface area contributed by atoms with Crippen molar-refractivity contribution in [1.29, 1.82) is 0 Å². The van der Waals surface area contributed by atoms with Crippen LogP contribution in [0, 0.1) is 0 Å². The van der Waals surface area contributed by atoms with Gasteiger partial charge in [0, 0.05) is 18.3 Å². The fourth-order valence-electron chi connectivity index (χ4n) is 1.66. The fourth-order valence-corrected chi connectivity index (χ4v) is 1.78. The molecule has 0 unspecified atom stereocenters. The second-order valence-corrected chi connectivity index (χ2v) is 4.44. The molecule has 2 aromatic rings. The van der Waals surface area contributed by atoms with Crippen molar-refractivity contribution < 1.29 is 4.74 Å². The smallest absolute Gasteiger partial charge is 0.126 e. The molecule has 1 aromatic carbocycles. The normalized spacial score (nSPS) is 9.95. The molecule has 0 atom stereocenters. The lowest BCUT2D eigenvalue weighted by Crippen LogP contribution is -2.10. The molecular weight excluding hydrogens is 258 g/mol. The molecule has 0 aliphatic rings. The van der Waals surface area contributed by atoms with Crippen LogP contribution in [0.2, 0.25) is 0 Å². The van der Waals surface area contributed by atoms with Crippen LogP contribution < -0.4 is 15.8 Å². The highest BCUT2D eigenvalue weighted by molar-refractivity contribution is 7.80. The number of aromatic nitrogens is 1. The Morgan fingerprint density at radius 3 is 2.95 bits per heavy atom. The lowest BCUT2D eigenvalue weighted by atomic mass is 10.2. The summed E-state index contributed by atoms with van der Waals surface area (Å²) < 4.78 is 5.18. The van der Waals surface area contributed by atoms with Gasteiger partial charge in [-0.15, -0.1) is 0 Å². The van der Waals surface area contributed by atoms with Crippen LogP contribution in [0.3, 0.4) is 0 Å². The van der Waals surface area contributed by atoms with Crippen LogP contribution in [0.4, 0.5) is 5.82 Å². The Morgan fingerprint density at radius 1 is 1.37 bits per heavy atom. The molecular formula is C14H15N3OS. The molecule has 19 heavy (non-hydrogen) atoms. The maximum absolute atomic E-state index is 5.59. The number of nitrogens with zero attached hydrogens (tertiary/aromatic N) is 1. The van der Waals surface area contributed by atoms with Crippen molar-refractivity contribution >= 4 is 23.0 Å². The average molecular weight is 273 g/mol. The Kier molecular flexibility index (Phi) is 4.30. The first-order valence-corrected chi connectivity index (χ1v) is 6.22. The number of hydrogen-bond acceptors (Lipinski definition) is 4. The summed E-state index contributed by atoms with van der Waals surface area (Å²) >= 11 is 4.94. The van der Waals surface area contributed by atoms with E-state index >= 15 is 0 Å². The third kappa shape index (κ3) is 3.66. The monoisotopic (exact) mass is 273 g/mol. The highest BCUT2D eigenvalue weighted by Crippen LogP contribution is 2.14. The molecule has 0 saturated carbocycles. The highest BCUT2D eigenvalue weighted by Gasteiger charge is 2.00. The van der Waals surface area contributed by atoms with Gasteiger partial charge >= 0.3 is 0 Å². The minimum absolute atomic E-state index is 0.367. The van der Waals surface area contributed by atoms with E-state index in [2.05, 4.69) is 10.3 Å². The molecule has 0 saturated heterocycles. The Morgan fingerprint density at radius 2 is 2.21 bits per heavy atom. The third-order valence-electron chi connectivity index (χ3n) is 2.65. The van der Waals surface area contributed by atoms with Crippen LogP contribution in [0.15, 0.2) is 42.6 Å². The summed E-state index contributed by atoms with van der Waals surface area (Å²) in [5, 5.41) is 3.23. The summed E-state index contributed by atoms with van der Waals surface area (Å²) in [6, 6.07) is 11.5. The maximum Gasteiger partial charge on any atom is 0.126 e. The molecule has 0 aliphatic heterocycles. The number of nitrogens with two attached hydrogens (primary N) is 1. The van der Waals surface area contributed by atoms with E-state index in [4.69, 9.17) is 22.7 Å². The second-order valence-electron chi connectivity index (χ2n) is 4.00. The van der Waals surface area contributed by atoms with Crippen molar-refractivity contribution in [2.45, 2.75) is 6.54 Å². The number of hydrogen-bond donors (Lipinski definition) is 2. The van der Waals surface area contributed by atoms with Gasteiger partial charge in [0.1, 0.15) is 16.6 Å². The minimum Gasteiger partial charge on any atom is -0.497 e. The van der Waals surface area contributed by atoms with E-state index in [0.29, 0.717) is 11.5 Å². The zero-order valence-electron chi connectivity index (χ0n) is 10.6. The number of rotatable bonds is 5. The van der Waals surface area contributed by atoms with Gasteiger partial charge in [0.05, 0.1) is 7.11 Å². The zero-order valence-corrected chi connectivity index (χ0v) is 11.4. The van der Waals surface area contributed by atoms with Crippen LogP contribution in [0.25, 0.3) is 0 Å². The molecule has 0 spiro atoms. The lowest BCUT2D eigenvalue weighted by molar-refractivity contribution is 0.414. The van der Waals surface area contributed by atoms with Gasteiger partial charge in [0.15, 0.2) is 0 Å². The molecule has 98 valence electrons. The molecule has 0 aliphatic carbocycles. The van der Waals surface area contributed by atoms with Gasteiger partial charge in [-0.25, -0.2) is 4.98 Å². The molecule has 0 fully saturated rings. The SMILES string of the molecule is COc1cccc(CNc2cc(C(N)=S)ccn2)c1. The largest absolute Gasteiger partial charge is 0.497 e. The number of methoxy groups -OCH3 is 1. The first-order chi connectivity index (χ1) is 9.19. The first-order valence-electron chi connectivity index (χ1n) is 5.81. The lowest BCUT2D eigenvalue weighted by Gasteiger charge is -2.08. The van der Waals surface area contributed by atoms with E-state index < -0.39 is 0 Å². The van der Waals surface area contributed by atoms with Gasteiger partial charge in [-0.2, -0.15) is 0 Å². The number of pyridine rings is 1. The summed E-state index contributed by atoms with van der Waals surface area (Å²) in [5.41, 5.74) is 7.50. The van der Waals surface area contributed by atoms with Crippen LogP contribution in [-0.2, 0) is 6.54 Å². The summed E-state index contributed by atoms with van der Waals surface area (Å²) in [4.78, 5) is 4.59. The maximum atomic E-state index is 5.59. The number of thiocarbonyl (C=S) groups is 1. The van der Waals surface area contributed by atoms with Gasteiger partial charge < -0.3 is 15.8 Å². The fraction of sp³-hybridized carbons (Fsp3) is 0.143. The van der Waals surface area contributed by atoms with E-state index in [0.717, 1.165) is 22.7 Å². The molecule has 2 rings (SSSR count). The molecule has 0 amide bonds. The predicted molar refractivity (Wildman–Crippen MR) is 80.4 cm³/mol. The van der Waals surface area contributed by atoms with Gasteiger partial charge in [-0.3, -0.25) is 0 Å². The minimum atomic E-state index is 0.367. The average Bonchev–Trinajstić information content (AvgIpc) is 2.45. The topological polar surface area (TPSA) is 60.2 Å². The molecule has 0 bridgehead atoms. The third-order valence-corrected chi connectivity index (χ3v) is 2.89. The standard InChI is InChI=1S/C14H15N3OS/c1-18-12-4-2-3-10(7-12)9-17-13-8-11(14(15)19)5-6-16-13/h2-8H,9H2,1H3,(H2,15,19)(H,16,17). The predicted octanol–water partition coefficient (Wildman–Crippen LogP) is 2.34. The van der Waals surface area contributed by atoms with Crippen molar-refractivity contribution in [2.75, 3.05) is 12.4 Å². The van der Waals surface area contributed by atoms with E-state index in [-0.39, 0.29) is 0 Å². The van der Waals surface area contributed by atoms with Crippen molar-refractivity contribution in [3.8, 4) is 5.75 Å². The summed E-state index contributed by atoms with van der Waals surface area (Å²) in [5.74, 6) is 1.58. The summed E-state index contributed by atoms with van der Waals surface area (Å²) in [6.07, 6.45) is 1.68. The van der Waals surface area contributed by atoms with Crippen molar-refractivity contribution in [3.05, 3.63) is 53.7 Å². The van der Waals surface area contributed by atoms with Gasteiger partial charge in [0.2, 0.25) is 0 Å². The molecule has 4 nitrogen and oxygen atoms in total. The number of anilines is 1. The van der Waals surface area contributed by atoms with Crippen LogP contribution >= 0.6 is 12.2 Å². The molecule has 3 N–H and O–H groups in total. The van der Waals surface area contributed by atoms with E-state index in [9.17, 15) is 0 Å². The first kappa shape index (κ1) is 13.3. The van der Waals surface area contributed by atoms with E-state index in [1.54, 1.807) is 19.4 Å². The van der Waals surface area contributed by atoms with E-state index in [1.165, 1.54) is 0 Å². The highest BCUT2D eigenvalue weighted by atomic mass is 32.1. The zero-order chi connectivity index (χ0) is 13.7. The second kappa shape index (κ2) is 6.15. The Balaban J connectivity index is 2.05. The molecule has 1 aromatic heterocycles. The van der Waals surface area contributed by atoms with E-state index in [1.807, 2.05) is 30.3 Å². The molecule has 5 heteroatoms. The van der Waals surface area contributed by atoms with Crippen molar-refractivity contribution in [1.82, 2.24) is 4.98 Å². The molecule has 1 heterocycles. The summed E-state index contributed by atoms with van der Waals surface area (Å²) in [7, 11) is 1.65. The number of ether oxygens (including phenoxy) is 1. The Labute approximate surface area is 117 Å². The van der Waals surface area contributed by atoms with Crippen molar-refractivity contribution in [2.24, 2.45) is 5.73 Å². The summed E-state index contributed by atoms with van der Waals surface area (Å²) in [6.45, 7) is 0.658. The van der Waals surface area contributed by atoms with Crippen LogP contribution in [0.5, 0.6) is 5.75 Å². The van der Waals surface area contributed by atoms with Crippen LogP contribution in [-0.4, -0.2) is 17.1 Å². The van der Waals surface area contributed by atoms with Crippen molar-refractivity contribution in [3.63, 3.8) is 0 Å². The Hall–Kier alpha value is -2.14. The van der Waals surface area contributed by atoms with Crippen LogP contribution in [0.1, 0.15) is 11.1 Å². The van der Waals surface area contributed by atoms with Gasteiger partial charge in [0.25, 0.3) is 0 Å². The Bertz CT molecular complexity index is 586. The number of nitrogens with one attached hydrogen (secondary N) is 1.